The molecule has 0 aromatic heterocycles. The van der Waals surface area contributed by atoms with E-state index in [4.69, 9.17) is 17.3 Å². The van der Waals surface area contributed by atoms with E-state index in [1.165, 1.54) is 5.56 Å². The molecule has 1 rings (SSSR count). The highest BCUT2D eigenvalue weighted by molar-refractivity contribution is 6.27. The fraction of sp³-hybridized carbons (Fsp3) is 0.300. The summed E-state index contributed by atoms with van der Waals surface area (Å²) in [6, 6.07) is 10.2. The van der Waals surface area contributed by atoms with Crippen molar-refractivity contribution in [2.75, 3.05) is 12.4 Å². The minimum atomic E-state index is 0.314. The van der Waals surface area contributed by atoms with Gasteiger partial charge in [0.15, 0.2) is 0 Å². The van der Waals surface area contributed by atoms with Crippen LogP contribution in [0.15, 0.2) is 35.3 Å². The van der Waals surface area contributed by atoms with Gasteiger partial charge in [0, 0.05) is 6.54 Å². The summed E-state index contributed by atoms with van der Waals surface area (Å²) in [6.07, 6.45) is 0.915. The maximum atomic E-state index is 5.48. The van der Waals surface area contributed by atoms with Crippen LogP contribution in [0.2, 0.25) is 0 Å². The van der Waals surface area contributed by atoms with Crippen LogP contribution in [0.3, 0.4) is 0 Å². The number of hydrogen-bond donors (Lipinski definition) is 1. The lowest BCUT2D eigenvalue weighted by molar-refractivity contribution is 0.964. The molecule has 0 spiro atoms. The second-order valence-corrected chi connectivity index (χ2v) is 3.01. The number of amidine groups is 1. The van der Waals surface area contributed by atoms with Crippen molar-refractivity contribution in [3.8, 4) is 0 Å². The highest BCUT2D eigenvalue weighted by atomic mass is 35.5. The van der Waals surface area contributed by atoms with Crippen molar-refractivity contribution in [1.82, 2.24) is 0 Å². The average Bonchev–Trinajstić information content (AvgIpc) is 2.19. The molecule has 70 valence electrons. The molecule has 2 nitrogen and oxygen atoms in total. The minimum absolute atomic E-state index is 0.314. The first-order valence-corrected chi connectivity index (χ1v) is 4.75. The lowest BCUT2D eigenvalue weighted by Crippen LogP contribution is -2.14. The fourth-order valence-corrected chi connectivity index (χ4v) is 1.10. The van der Waals surface area contributed by atoms with Crippen LogP contribution in [-0.2, 0) is 6.42 Å². The molecule has 0 saturated carbocycles. The van der Waals surface area contributed by atoms with Gasteiger partial charge in [0.25, 0.3) is 0 Å². The summed E-state index contributed by atoms with van der Waals surface area (Å²) in [6.45, 7) is 0.711. The van der Waals surface area contributed by atoms with Gasteiger partial charge < -0.3 is 5.73 Å². The van der Waals surface area contributed by atoms with Crippen molar-refractivity contribution in [3.05, 3.63) is 35.9 Å². The van der Waals surface area contributed by atoms with E-state index in [1.54, 1.807) is 0 Å². The number of nitrogens with two attached hydrogens (primary N) is 1. The second-order valence-electron chi connectivity index (χ2n) is 2.74. The number of halogens is 1. The normalized spacial score (nSPS) is 11.6. The summed E-state index contributed by atoms with van der Waals surface area (Å²) in [7, 11) is 0. The van der Waals surface area contributed by atoms with Crippen molar-refractivity contribution in [3.63, 3.8) is 0 Å². The Kier molecular flexibility index (Phi) is 4.33. The molecule has 0 unspecified atom stereocenters. The van der Waals surface area contributed by atoms with Gasteiger partial charge in [-0.3, -0.25) is 4.99 Å². The highest BCUT2D eigenvalue weighted by Crippen LogP contribution is 1.99. The molecule has 0 bridgehead atoms. The molecule has 0 atom stereocenters. The number of rotatable bonds is 4. The molecule has 3 heteroatoms. The van der Waals surface area contributed by atoms with Crippen LogP contribution >= 0.6 is 11.6 Å². The van der Waals surface area contributed by atoms with E-state index in [-0.39, 0.29) is 0 Å². The molecule has 0 fully saturated rings. The van der Waals surface area contributed by atoms with Gasteiger partial charge in [-0.2, -0.15) is 0 Å². The van der Waals surface area contributed by atoms with E-state index in [1.807, 2.05) is 18.2 Å². The third kappa shape index (κ3) is 3.95. The number of benzene rings is 1. The molecule has 0 aliphatic rings. The third-order valence-corrected chi connectivity index (χ3v) is 1.97. The molecule has 0 radical (unpaired) electrons. The van der Waals surface area contributed by atoms with Gasteiger partial charge >= 0.3 is 0 Å². The second kappa shape index (κ2) is 5.60. The number of aliphatic imine (C=N–C) groups is 1. The highest BCUT2D eigenvalue weighted by Gasteiger charge is 1.90. The first-order valence-electron chi connectivity index (χ1n) is 4.21. The van der Waals surface area contributed by atoms with E-state index in [2.05, 4.69) is 17.1 Å². The quantitative estimate of drug-likeness (QED) is 0.446. The Morgan fingerprint density at radius 2 is 2.00 bits per heavy atom. The Balaban J connectivity index is 2.36. The van der Waals surface area contributed by atoms with Crippen LogP contribution in [0.25, 0.3) is 0 Å². The Morgan fingerprint density at radius 1 is 1.31 bits per heavy atom. The topological polar surface area (TPSA) is 38.4 Å². The van der Waals surface area contributed by atoms with E-state index < -0.39 is 0 Å². The Bertz CT molecular complexity index is 270. The van der Waals surface area contributed by atoms with Crippen molar-refractivity contribution >= 4 is 17.4 Å². The molecule has 2 N–H and O–H groups in total. The zero-order chi connectivity index (χ0) is 9.52. The van der Waals surface area contributed by atoms with Crippen LogP contribution in [0.4, 0.5) is 0 Å². The smallest absolute Gasteiger partial charge is 0.109 e. The Labute approximate surface area is 83.4 Å². The van der Waals surface area contributed by atoms with E-state index in [0.717, 1.165) is 6.42 Å². The van der Waals surface area contributed by atoms with Gasteiger partial charge in [0.1, 0.15) is 5.84 Å². The summed E-state index contributed by atoms with van der Waals surface area (Å²) in [5.74, 6) is 0.826. The molecular formula is C10H13ClN2. The third-order valence-electron chi connectivity index (χ3n) is 1.70. The first-order chi connectivity index (χ1) is 6.33. The molecular weight excluding hydrogens is 184 g/mol. The van der Waals surface area contributed by atoms with Crippen LogP contribution in [-0.4, -0.2) is 18.3 Å². The van der Waals surface area contributed by atoms with Gasteiger partial charge in [-0.1, -0.05) is 30.3 Å². The number of nitrogens with zero attached hydrogens (tertiary/aromatic N) is 1. The standard InChI is InChI=1S/C10H13ClN2/c11-8-10(12)13-7-6-9-4-2-1-3-5-9/h1-5H,6-8H2,(H2,12,13). The minimum Gasteiger partial charge on any atom is -0.386 e. The van der Waals surface area contributed by atoms with Crippen LogP contribution in [0.5, 0.6) is 0 Å². The summed E-state index contributed by atoms with van der Waals surface area (Å²) in [4.78, 5) is 4.10. The molecule has 1 aromatic carbocycles. The molecule has 13 heavy (non-hydrogen) atoms. The maximum Gasteiger partial charge on any atom is 0.109 e. The van der Waals surface area contributed by atoms with Crippen molar-refractivity contribution in [2.24, 2.45) is 10.7 Å². The average molecular weight is 197 g/mol. The number of hydrogen-bond acceptors (Lipinski definition) is 1. The maximum absolute atomic E-state index is 5.48. The van der Waals surface area contributed by atoms with Gasteiger partial charge in [-0.05, 0) is 12.0 Å². The molecule has 1 aromatic rings. The van der Waals surface area contributed by atoms with Gasteiger partial charge in [-0.25, -0.2) is 0 Å². The van der Waals surface area contributed by atoms with Crippen molar-refractivity contribution in [1.29, 1.82) is 0 Å². The molecule has 0 amide bonds. The molecule has 0 aliphatic heterocycles. The van der Waals surface area contributed by atoms with Crippen LogP contribution < -0.4 is 5.73 Å². The summed E-state index contributed by atoms with van der Waals surface area (Å²) in [5, 5.41) is 0. The predicted octanol–water partition coefficient (Wildman–Crippen LogP) is 1.83. The van der Waals surface area contributed by atoms with Crippen molar-refractivity contribution in [2.45, 2.75) is 6.42 Å². The zero-order valence-corrected chi connectivity index (χ0v) is 8.17. The number of alkyl halides is 1. The van der Waals surface area contributed by atoms with Gasteiger partial charge in [0.2, 0.25) is 0 Å². The summed E-state index contributed by atoms with van der Waals surface area (Å²) in [5.41, 5.74) is 6.73. The van der Waals surface area contributed by atoms with Crippen LogP contribution in [0, 0.1) is 0 Å². The predicted molar refractivity (Wildman–Crippen MR) is 57.4 cm³/mol. The SMILES string of the molecule is NC(CCl)=NCCc1ccccc1. The zero-order valence-electron chi connectivity index (χ0n) is 7.41. The largest absolute Gasteiger partial charge is 0.386 e. The summed E-state index contributed by atoms with van der Waals surface area (Å²) >= 11 is 5.48. The molecule has 0 saturated heterocycles. The Morgan fingerprint density at radius 3 is 2.62 bits per heavy atom. The van der Waals surface area contributed by atoms with Crippen molar-refractivity contribution < 1.29 is 0 Å². The first kappa shape index (κ1) is 10.1. The van der Waals surface area contributed by atoms with E-state index in [9.17, 15) is 0 Å². The Hall–Kier alpha value is -1.02. The van der Waals surface area contributed by atoms with E-state index in [0.29, 0.717) is 18.3 Å². The lowest BCUT2D eigenvalue weighted by atomic mass is 10.2. The fourth-order valence-electron chi connectivity index (χ4n) is 1.02. The lowest BCUT2D eigenvalue weighted by Gasteiger charge is -1.97. The summed E-state index contributed by atoms with van der Waals surface area (Å²) < 4.78 is 0. The van der Waals surface area contributed by atoms with E-state index >= 15 is 0 Å². The monoisotopic (exact) mass is 196 g/mol. The van der Waals surface area contributed by atoms with Gasteiger partial charge in [0.05, 0.1) is 5.88 Å². The van der Waals surface area contributed by atoms with Gasteiger partial charge in [-0.15, -0.1) is 11.6 Å². The molecule has 0 heterocycles. The molecule has 0 aliphatic carbocycles. The van der Waals surface area contributed by atoms with Crippen LogP contribution in [0.1, 0.15) is 5.56 Å².